The predicted molar refractivity (Wildman–Crippen MR) is 78.5 cm³/mol. The first-order valence-electron chi connectivity index (χ1n) is 6.78. The van der Waals surface area contributed by atoms with Crippen molar-refractivity contribution in [1.82, 2.24) is 4.31 Å². The number of primary amides is 1. The topological polar surface area (TPSA) is 89.7 Å². The third-order valence-electron chi connectivity index (χ3n) is 3.50. The molecule has 1 fully saturated rings. The molecule has 2 atom stereocenters. The number of benzene rings is 1. The van der Waals surface area contributed by atoms with Crippen LogP contribution in [0.1, 0.15) is 29.8 Å². The molecule has 6 nitrogen and oxygen atoms in total. The molecule has 1 heterocycles. The van der Waals surface area contributed by atoms with E-state index in [4.69, 9.17) is 10.5 Å². The summed E-state index contributed by atoms with van der Waals surface area (Å²) in [7, 11) is -3.66. The number of nitrogens with two attached hydrogens (primary N) is 1. The van der Waals surface area contributed by atoms with Gasteiger partial charge in [-0.1, -0.05) is 6.07 Å². The van der Waals surface area contributed by atoms with E-state index in [1.54, 1.807) is 13.0 Å². The predicted octanol–water partition coefficient (Wildman–Crippen LogP) is 0.892. The van der Waals surface area contributed by atoms with E-state index >= 15 is 0 Å². The Kier molecular flexibility index (Phi) is 4.36. The van der Waals surface area contributed by atoms with Crippen molar-refractivity contribution in [3.63, 3.8) is 0 Å². The summed E-state index contributed by atoms with van der Waals surface area (Å²) in [6.45, 7) is 5.98. The fourth-order valence-electron chi connectivity index (χ4n) is 2.50. The Labute approximate surface area is 124 Å². The highest BCUT2D eigenvalue weighted by Gasteiger charge is 2.32. The minimum Gasteiger partial charge on any atom is -0.373 e. The molecule has 1 saturated heterocycles. The standard InChI is InChI=1S/C14H20N2O4S/c1-9-4-5-12(6-13(9)14(15)17)21(18,19)16-7-10(2)20-11(3)8-16/h4-6,10-11H,7-8H2,1-3H3,(H2,15,17). The number of sulfonamides is 1. The van der Waals surface area contributed by atoms with Crippen molar-refractivity contribution in [3.05, 3.63) is 29.3 Å². The second-order valence-electron chi connectivity index (χ2n) is 5.42. The number of carbonyl (C=O) groups is 1. The van der Waals surface area contributed by atoms with Gasteiger partial charge in [0, 0.05) is 18.7 Å². The molecule has 1 amide bonds. The van der Waals surface area contributed by atoms with Crippen LogP contribution in [0.5, 0.6) is 0 Å². The van der Waals surface area contributed by atoms with E-state index in [2.05, 4.69) is 0 Å². The SMILES string of the molecule is Cc1ccc(S(=O)(=O)N2CC(C)OC(C)C2)cc1C(N)=O. The van der Waals surface area contributed by atoms with Crippen molar-refractivity contribution >= 4 is 15.9 Å². The van der Waals surface area contributed by atoms with Gasteiger partial charge in [0.1, 0.15) is 0 Å². The molecular formula is C14H20N2O4S. The molecule has 1 aliphatic heterocycles. The van der Waals surface area contributed by atoms with E-state index in [0.29, 0.717) is 18.7 Å². The molecule has 0 radical (unpaired) electrons. The third kappa shape index (κ3) is 3.25. The summed E-state index contributed by atoms with van der Waals surface area (Å²) in [4.78, 5) is 11.5. The fraction of sp³-hybridized carbons (Fsp3) is 0.500. The van der Waals surface area contributed by atoms with Crippen molar-refractivity contribution in [1.29, 1.82) is 0 Å². The zero-order valence-electron chi connectivity index (χ0n) is 12.4. The van der Waals surface area contributed by atoms with E-state index in [0.717, 1.165) is 0 Å². The molecule has 0 aliphatic carbocycles. The van der Waals surface area contributed by atoms with Crippen LogP contribution in [-0.4, -0.2) is 43.9 Å². The second-order valence-corrected chi connectivity index (χ2v) is 7.36. The van der Waals surface area contributed by atoms with Crippen molar-refractivity contribution in [2.24, 2.45) is 5.73 Å². The Morgan fingerprint density at radius 1 is 1.29 bits per heavy atom. The number of aryl methyl sites for hydroxylation is 1. The highest BCUT2D eigenvalue weighted by molar-refractivity contribution is 7.89. The van der Waals surface area contributed by atoms with Gasteiger partial charge < -0.3 is 10.5 Å². The van der Waals surface area contributed by atoms with Gasteiger partial charge in [0.25, 0.3) is 0 Å². The molecular weight excluding hydrogens is 292 g/mol. The van der Waals surface area contributed by atoms with Crippen LogP contribution in [0.25, 0.3) is 0 Å². The average Bonchev–Trinajstić information content (AvgIpc) is 2.37. The second kappa shape index (κ2) is 5.75. The molecule has 21 heavy (non-hydrogen) atoms. The number of nitrogens with zero attached hydrogens (tertiary/aromatic N) is 1. The highest BCUT2D eigenvalue weighted by Crippen LogP contribution is 2.23. The van der Waals surface area contributed by atoms with E-state index in [-0.39, 0.29) is 22.7 Å². The van der Waals surface area contributed by atoms with Crippen LogP contribution >= 0.6 is 0 Å². The Morgan fingerprint density at radius 3 is 2.38 bits per heavy atom. The Hall–Kier alpha value is -1.44. The minimum absolute atomic E-state index is 0.0863. The summed E-state index contributed by atoms with van der Waals surface area (Å²) in [5.74, 6) is -0.631. The Morgan fingerprint density at radius 2 is 1.86 bits per heavy atom. The van der Waals surface area contributed by atoms with E-state index in [1.165, 1.54) is 16.4 Å². The lowest BCUT2D eigenvalue weighted by Gasteiger charge is -2.34. The minimum atomic E-state index is -3.66. The summed E-state index contributed by atoms with van der Waals surface area (Å²) in [5.41, 5.74) is 6.17. The lowest BCUT2D eigenvalue weighted by molar-refractivity contribution is -0.0440. The molecule has 0 spiro atoms. The van der Waals surface area contributed by atoms with Crippen molar-refractivity contribution in [2.75, 3.05) is 13.1 Å². The molecule has 2 unspecified atom stereocenters. The smallest absolute Gasteiger partial charge is 0.249 e. The maximum absolute atomic E-state index is 12.7. The van der Waals surface area contributed by atoms with Gasteiger partial charge in [0.05, 0.1) is 17.1 Å². The molecule has 2 N–H and O–H groups in total. The van der Waals surface area contributed by atoms with Crippen LogP contribution in [0.4, 0.5) is 0 Å². The summed E-state index contributed by atoms with van der Waals surface area (Å²) < 4.78 is 32.3. The van der Waals surface area contributed by atoms with Crippen LogP contribution in [0, 0.1) is 6.92 Å². The molecule has 1 aliphatic rings. The number of morpholine rings is 1. The summed E-state index contributed by atoms with van der Waals surface area (Å²) >= 11 is 0. The zero-order valence-corrected chi connectivity index (χ0v) is 13.2. The monoisotopic (exact) mass is 312 g/mol. The zero-order chi connectivity index (χ0) is 15.8. The van der Waals surface area contributed by atoms with Gasteiger partial charge in [-0.25, -0.2) is 8.42 Å². The van der Waals surface area contributed by atoms with Crippen LogP contribution < -0.4 is 5.73 Å². The van der Waals surface area contributed by atoms with Crippen LogP contribution in [0.15, 0.2) is 23.1 Å². The van der Waals surface area contributed by atoms with Crippen molar-refractivity contribution < 1.29 is 17.9 Å². The van der Waals surface area contributed by atoms with Crippen LogP contribution in [0.2, 0.25) is 0 Å². The van der Waals surface area contributed by atoms with Gasteiger partial charge >= 0.3 is 0 Å². The van der Waals surface area contributed by atoms with E-state index < -0.39 is 15.9 Å². The first-order chi connectivity index (χ1) is 9.71. The molecule has 116 valence electrons. The maximum atomic E-state index is 12.7. The molecule has 1 aromatic carbocycles. The molecule has 0 aromatic heterocycles. The van der Waals surface area contributed by atoms with Gasteiger partial charge in [-0.05, 0) is 38.5 Å². The van der Waals surface area contributed by atoms with Gasteiger partial charge in [-0.15, -0.1) is 0 Å². The Balaban J connectivity index is 2.40. The van der Waals surface area contributed by atoms with E-state index in [9.17, 15) is 13.2 Å². The first kappa shape index (κ1) is 15.9. The normalized spacial score (nSPS) is 24.0. The number of rotatable bonds is 3. The summed E-state index contributed by atoms with van der Waals surface area (Å²) in [6, 6.07) is 4.44. The number of ether oxygens (including phenoxy) is 1. The van der Waals surface area contributed by atoms with Crippen LogP contribution in [0.3, 0.4) is 0 Å². The summed E-state index contributed by atoms with van der Waals surface area (Å²) in [5, 5.41) is 0. The molecule has 7 heteroatoms. The lowest BCUT2D eigenvalue weighted by Crippen LogP contribution is -2.48. The number of hydrogen-bond donors (Lipinski definition) is 1. The lowest BCUT2D eigenvalue weighted by atomic mass is 10.1. The van der Waals surface area contributed by atoms with Crippen LogP contribution in [-0.2, 0) is 14.8 Å². The quantitative estimate of drug-likeness (QED) is 0.897. The summed E-state index contributed by atoms with van der Waals surface area (Å²) in [6.07, 6.45) is -0.325. The first-order valence-corrected chi connectivity index (χ1v) is 8.22. The molecule has 0 bridgehead atoms. The number of amides is 1. The molecule has 1 aromatic rings. The highest BCUT2D eigenvalue weighted by atomic mass is 32.2. The number of hydrogen-bond acceptors (Lipinski definition) is 4. The molecule has 0 saturated carbocycles. The van der Waals surface area contributed by atoms with Gasteiger partial charge in [-0.3, -0.25) is 4.79 Å². The van der Waals surface area contributed by atoms with Crippen molar-refractivity contribution in [2.45, 2.75) is 37.9 Å². The van der Waals surface area contributed by atoms with Crippen molar-refractivity contribution in [3.8, 4) is 0 Å². The average molecular weight is 312 g/mol. The van der Waals surface area contributed by atoms with E-state index in [1.807, 2.05) is 13.8 Å². The van der Waals surface area contributed by atoms with Gasteiger partial charge in [0.15, 0.2) is 0 Å². The largest absolute Gasteiger partial charge is 0.373 e. The molecule has 2 rings (SSSR count). The fourth-order valence-corrected chi connectivity index (χ4v) is 4.12. The van der Waals surface area contributed by atoms with Gasteiger partial charge in [0.2, 0.25) is 15.9 Å². The van der Waals surface area contributed by atoms with Gasteiger partial charge in [-0.2, -0.15) is 4.31 Å². The third-order valence-corrected chi connectivity index (χ3v) is 5.33. The Bertz CT molecular complexity index is 647. The number of carbonyl (C=O) groups excluding carboxylic acids is 1. The maximum Gasteiger partial charge on any atom is 0.249 e.